The van der Waals surface area contributed by atoms with Gasteiger partial charge in [-0.2, -0.15) is 0 Å². The molecule has 0 aliphatic carbocycles. The Balaban J connectivity index is 1.58. The Bertz CT molecular complexity index is 1050. The van der Waals surface area contributed by atoms with E-state index in [1.165, 1.54) is 13.2 Å². The van der Waals surface area contributed by atoms with Crippen LogP contribution in [-0.2, 0) is 17.8 Å². The van der Waals surface area contributed by atoms with Crippen molar-refractivity contribution in [2.24, 2.45) is 5.92 Å². The Kier molecular flexibility index (Phi) is 7.22. The van der Waals surface area contributed by atoms with Crippen molar-refractivity contribution in [2.75, 3.05) is 7.11 Å². The lowest BCUT2D eigenvalue weighted by Crippen LogP contribution is -2.25. The maximum Gasteiger partial charge on any atom is 0.314 e. The number of pyridine rings is 1. The van der Waals surface area contributed by atoms with Gasteiger partial charge >= 0.3 is 5.97 Å². The number of nitrogens with one attached hydrogen (secondary N) is 1. The number of phenolic OH excluding ortho intramolecular Hbond substituents is 1. The fourth-order valence-electron chi connectivity index (χ4n) is 2.93. The predicted molar refractivity (Wildman–Crippen MR) is 115 cm³/mol. The molecule has 31 heavy (non-hydrogen) atoms. The van der Waals surface area contributed by atoms with Crippen LogP contribution in [0, 0.1) is 5.92 Å². The van der Waals surface area contributed by atoms with Gasteiger partial charge in [-0.15, -0.1) is 0 Å². The molecule has 160 valence electrons. The van der Waals surface area contributed by atoms with Gasteiger partial charge in [0.1, 0.15) is 11.4 Å². The molecule has 0 aliphatic heterocycles. The SMILES string of the molecule is COc1cc(CNC(=O)c2cccc(CC(C)C(=O)Oc3ccccc3)n2)ccc1O. The van der Waals surface area contributed by atoms with Gasteiger partial charge in [0.15, 0.2) is 11.5 Å². The second kappa shape index (κ2) is 10.2. The molecule has 7 nitrogen and oxygen atoms in total. The van der Waals surface area contributed by atoms with E-state index in [1.807, 2.05) is 6.07 Å². The highest BCUT2D eigenvalue weighted by Gasteiger charge is 2.18. The summed E-state index contributed by atoms with van der Waals surface area (Å²) < 4.78 is 10.4. The van der Waals surface area contributed by atoms with Crippen LogP contribution >= 0.6 is 0 Å². The maximum atomic E-state index is 12.5. The monoisotopic (exact) mass is 420 g/mol. The number of aromatic hydroxyl groups is 1. The molecule has 0 saturated heterocycles. The number of carbonyl (C=O) groups excluding carboxylic acids is 2. The Morgan fingerprint density at radius 2 is 1.84 bits per heavy atom. The van der Waals surface area contributed by atoms with Crippen LogP contribution in [0.2, 0.25) is 0 Å². The molecule has 1 atom stereocenters. The zero-order valence-corrected chi connectivity index (χ0v) is 17.4. The summed E-state index contributed by atoms with van der Waals surface area (Å²) in [7, 11) is 1.46. The first-order valence-electron chi connectivity index (χ1n) is 9.83. The molecule has 0 spiro atoms. The van der Waals surface area contributed by atoms with Gasteiger partial charge in [0.05, 0.1) is 13.0 Å². The normalized spacial score (nSPS) is 11.4. The predicted octanol–water partition coefficient (Wildman–Crippen LogP) is 3.51. The molecule has 2 aromatic carbocycles. The molecule has 1 unspecified atom stereocenters. The third kappa shape index (κ3) is 6.05. The Hall–Kier alpha value is -3.87. The number of amides is 1. The third-order valence-corrected chi connectivity index (χ3v) is 4.62. The lowest BCUT2D eigenvalue weighted by Gasteiger charge is -2.12. The summed E-state index contributed by atoms with van der Waals surface area (Å²) in [4.78, 5) is 29.2. The number of aromatic nitrogens is 1. The van der Waals surface area contributed by atoms with Gasteiger partial charge in [0, 0.05) is 18.7 Å². The van der Waals surface area contributed by atoms with Crippen LogP contribution in [0.15, 0.2) is 66.7 Å². The van der Waals surface area contributed by atoms with E-state index in [0.717, 1.165) is 5.56 Å². The number of rotatable bonds is 8. The molecule has 1 aromatic heterocycles. The molecular weight excluding hydrogens is 396 g/mol. The minimum Gasteiger partial charge on any atom is -0.504 e. The van der Waals surface area contributed by atoms with E-state index in [0.29, 0.717) is 23.6 Å². The molecule has 2 N–H and O–H groups in total. The van der Waals surface area contributed by atoms with Crippen LogP contribution in [0.4, 0.5) is 0 Å². The quantitative estimate of drug-likeness (QED) is 0.428. The molecular formula is C24H24N2O5. The lowest BCUT2D eigenvalue weighted by molar-refractivity contribution is -0.138. The topological polar surface area (TPSA) is 97.8 Å². The minimum absolute atomic E-state index is 0.0341. The van der Waals surface area contributed by atoms with Crippen molar-refractivity contribution >= 4 is 11.9 Å². The van der Waals surface area contributed by atoms with Crippen molar-refractivity contribution in [1.29, 1.82) is 0 Å². The molecule has 0 radical (unpaired) electrons. The van der Waals surface area contributed by atoms with Crippen LogP contribution in [0.1, 0.15) is 28.7 Å². The number of hydrogen-bond donors (Lipinski definition) is 2. The molecule has 1 heterocycles. The highest BCUT2D eigenvalue weighted by atomic mass is 16.5. The van der Waals surface area contributed by atoms with Crippen LogP contribution in [0.5, 0.6) is 17.2 Å². The van der Waals surface area contributed by atoms with E-state index >= 15 is 0 Å². The van der Waals surface area contributed by atoms with Gasteiger partial charge in [-0.3, -0.25) is 9.59 Å². The molecule has 3 aromatic rings. The van der Waals surface area contributed by atoms with E-state index in [9.17, 15) is 14.7 Å². The molecule has 0 fully saturated rings. The molecule has 0 saturated carbocycles. The zero-order valence-electron chi connectivity index (χ0n) is 17.4. The molecule has 7 heteroatoms. The Morgan fingerprint density at radius 1 is 1.06 bits per heavy atom. The molecule has 1 amide bonds. The first kappa shape index (κ1) is 21.8. The largest absolute Gasteiger partial charge is 0.504 e. The summed E-state index contributed by atoms with van der Waals surface area (Å²) >= 11 is 0. The van der Waals surface area contributed by atoms with Crippen molar-refractivity contribution in [3.63, 3.8) is 0 Å². The third-order valence-electron chi connectivity index (χ3n) is 4.62. The lowest BCUT2D eigenvalue weighted by atomic mass is 10.1. The van der Waals surface area contributed by atoms with Crippen LogP contribution in [0.25, 0.3) is 0 Å². The number of para-hydroxylation sites is 1. The average molecular weight is 420 g/mol. The van der Waals surface area contributed by atoms with Crippen molar-refractivity contribution in [3.8, 4) is 17.2 Å². The smallest absolute Gasteiger partial charge is 0.314 e. The summed E-state index contributed by atoms with van der Waals surface area (Å²) in [6.07, 6.45) is 0.349. The summed E-state index contributed by atoms with van der Waals surface area (Å²) in [5, 5.41) is 12.5. The minimum atomic E-state index is -0.421. The highest BCUT2D eigenvalue weighted by Crippen LogP contribution is 2.26. The number of esters is 1. The number of carbonyl (C=O) groups is 2. The van der Waals surface area contributed by atoms with E-state index in [-0.39, 0.29) is 29.9 Å². The average Bonchev–Trinajstić information content (AvgIpc) is 2.79. The molecule has 0 bridgehead atoms. The Morgan fingerprint density at radius 3 is 2.58 bits per heavy atom. The van der Waals surface area contributed by atoms with Gasteiger partial charge in [-0.05, 0) is 42.0 Å². The van der Waals surface area contributed by atoms with Crippen molar-refractivity contribution in [2.45, 2.75) is 19.9 Å². The fraction of sp³-hybridized carbons (Fsp3) is 0.208. The Labute approximate surface area is 180 Å². The first-order valence-corrected chi connectivity index (χ1v) is 9.83. The summed E-state index contributed by atoms with van der Waals surface area (Å²) in [6.45, 7) is 2.01. The fourth-order valence-corrected chi connectivity index (χ4v) is 2.93. The molecule has 0 aliphatic rings. The first-order chi connectivity index (χ1) is 15.0. The number of hydrogen-bond acceptors (Lipinski definition) is 6. The van der Waals surface area contributed by atoms with Crippen LogP contribution in [-0.4, -0.2) is 29.1 Å². The number of ether oxygens (including phenoxy) is 2. The van der Waals surface area contributed by atoms with Crippen molar-refractivity contribution in [3.05, 3.63) is 83.7 Å². The highest BCUT2D eigenvalue weighted by molar-refractivity contribution is 5.92. The van der Waals surface area contributed by atoms with E-state index in [2.05, 4.69) is 10.3 Å². The van der Waals surface area contributed by atoms with Crippen LogP contribution in [0.3, 0.4) is 0 Å². The number of phenols is 1. The van der Waals surface area contributed by atoms with E-state index < -0.39 is 5.92 Å². The van der Waals surface area contributed by atoms with Gasteiger partial charge in [0.25, 0.3) is 5.91 Å². The molecule has 3 rings (SSSR count). The maximum absolute atomic E-state index is 12.5. The summed E-state index contributed by atoms with van der Waals surface area (Å²) in [6, 6.07) is 18.9. The second-order valence-corrected chi connectivity index (χ2v) is 7.04. The van der Waals surface area contributed by atoms with Gasteiger partial charge in [-0.1, -0.05) is 37.3 Å². The van der Waals surface area contributed by atoms with E-state index in [1.54, 1.807) is 61.5 Å². The van der Waals surface area contributed by atoms with Gasteiger partial charge in [0.2, 0.25) is 0 Å². The number of benzene rings is 2. The van der Waals surface area contributed by atoms with Gasteiger partial charge in [-0.25, -0.2) is 4.98 Å². The zero-order chi connectivity index (χ0) is 22.2. The summed E-state index contributed by atoms with van der Waals surface area (Å²) in [5.74, 6) is -0.255. The van der Waals surface area contributed by atoms with Crippen molar-refractivity contribution < 1.29 is 24.2 Å². The van der Waals surface area contributed by atoms with Crippen LogP contribution < -0.4 is 14.8 Å². The second-order valence-electron chi connectivity index (χ2n) is 7.04. The van der Waals surface area contributed by atoms with E-state index in [4.69, 9.17) is 9.47 Å². The van der Waals surface area contributed by atoms with Crippen molar-refractivity contribution in [1.82, 2.24) is 10.3 Å². The summed E-state index contributed by atoms with van der Waals surface area (Å²) in [5.41, 5.74) is 1.65. The number of nitrogens with zero attached hydrogens (tertiary/aromatic N) is 1. The number of methoxy groups -OCH3 is 1. The standard InChI is InChI=1S/C24H24N2O5/c1-16(24(29)31-19-8-4-3-5-9-19)13-18-7-6-10-20(26-18)23(28)25-15-17-11-12-21(27)22(14-17)30-2/h3-12,14,16,27H,13,15H2,1-2H3,(H,25,28). The van der Waals surface area contributed by atoms with Gasteiger partial charge < -0.3 is 19.9 Å².